The topological polar surface area (TPSA) is 32.5 Å². The van der Waals surface area contributed by atoms with Gasteiger partial charge in [0.25, 0.3) is 0 Å². The lowest BCUT2D eigenvalue weighted by Gasteiger charge is -2.42. The molecule has 0 aromatic rings. The minimum absolute atomic E-state index is 0.286. The maximum Gasteiger partial charge on any atom is 0.0344 e. The number of rotatable bonds is 6. The van der Waals surface area contributed by atoms with Crippen LogP contribution in [0, 0.1) is 5.41 Å². The molecule has 2 rings (SSSR count). The van der Waals surface area contributed by atoms with Crippen LogP contribution in [0.15, 0.2) is 0 Å². The van der Waals surface area contributed by atoms with Crippen molar-refractivity contribution in [1.82, 2.24) is 9.80 Å². The second-order valence-electron chi connectivity index (χ2n) is 7.50. The van der Waals surface area contributed by atoms with E-state index in [9.17, 15) is 0 Å². The van der Waals surface area contributed by atoms with E-state index in [2.05, 4.69) is 30.6 Å². The molecule has 0 aromatic carbocycles. The fraction of sp³-hybridized carbons (Fsp3) is 1.00. The Kier molecular flexibility index (Phi) is 6.10. The first kappa shape index (κ1) is 17.2. The summed E-state index contributed by atoms with van der Waals surface area (Å²) in [7, 11) is 0. The molecule has 2 saturated heterocycles. The Morgan fingerprint density at radius 2 is 1.71 bits per heavy atom. The number of hydrogen-bond donors (Lipinski definition) is 1. The van der Waals surface area contributed by atoms with E-state index in [1.807, 2.05) is 0 Å². The lowest BCUT2D eigenvalue weighted by molar-refractivity contribution is 0.0870. The molecule has 3 heteroatoms. The van der Waals surface area contributed by atoms with Gasteiger partial charge in [-0.25, -0.2) is 0 Å². The van der Waals surface area contributed by atoms with Crippen molar-refractivity contribution in [1.29, 1.82) is 0 Å². The number of nitrogens with zero attached hydrogens (tertiary/aromatic N) is 2. The molecule has 1 atom stereocenters. The van der Waals surface area contributed by atoms with Crippen molar-refractivity contribution in [2.24, 2.45) is 11.1 Å². The maximum absolute atomic E-state index is 6.32. The second-order valence-corrected chi connectivity index (χ2v) is 7.50. The molecule has 1 unspecified atom stereocenters. The van der Waals surface area contributed by atoms with Gasteiger partial charge in [0.2, 0.25) is 0 Å². The molecule has 3 nitrogen and oxygen atoms in total. The average molecular weight is 296 g/mol. The van der Waals surface area contributed by atoms with Crippen molar-refractivity contribution in [2.75, 3.05) is 39.3 Å². The van der Waals surface area contributed by atoms with Crippen LogP contribution in [0.3, 0.4) is 0 Å². The molecular weight excluding hydrogens is 258 g/mol. The number of nitrogens with two attached hydrogens (primary N) is 1. The zero-order valence-corrected chi connectivity index (χ0v) is 14.7. The summed E-state index contributed by atoms with van der Waals surface area (Å²) in [6.45, 7) is 14.2. The van der Waals surface area contributed by atoms with Gasteiger partial charge in [-0.1, -0.05) is 20.8 Å². The third-order valence-corrected chi connectivity index (χ3v) is 6.54. The molecule has 2 N–H and O–H groups in total. The van der Waals surface area contributed by atoms with Gasteiger partial charge < -0.3 is 10.6 Å². The molecule has 0 radical (unpaired) electrons. The van der Waals surface area contributed by atoms with Gasteiger partial charge in [0.05, 0.1) is 0 Å². The summed E-state index contributed by atoms with van der Waals surface area (Å²) in [6.07, 6.45) is 9.18. The van der Waals surface area contributed by atoms with Crippen LogP contribution >= 0.6 is 0 Å². The standard InChI is InChI=1S/C18H37N3/c1-4-11-20-12-7-8-18(15-19,10-13-20)21-14-9-17(5-2,6-3)16-21/h4-16,19H2,1-3H3. The average Bonchev–Trinajstić information content (AvgIpc) is 2.85. The Balaban J connectivity index is 2.05. The Morgan fingerprint density at radius 3 is 2.29 bits per heavy atom. The third-order valence-electron chi connectivity index (χ3n) is 6.54. The molecule has 0 spiro atoms. The molecule has 0 bridgehead atoms. The number of likely N-dealkylation sites (tertiary alicyclic amines) is 2. The smallest absolute Gasteiger partial charge is 0.0344 e. The highest BCUT2D eigenvalue weighted by atomic mass is 15.3. The van der Waals surface area contributed by atoms with Crippen molar-refractivity contribution < 1.29 is 0 Å². The van der Waals surface area contributed by atoms with Crippen LogP contribution in [0.4, 0.5) is 0 Å². The minimum atomic E-state index is 0.286. The van der Waals surface area contributed by atoms with E-state index >= 15 is 0 Å². The highest BCUT2D eigenvalue weighted by Gasteiger charge is 2.44. The van der Waals surface area contributed by atoms with Gasteiger partial charge >= 0.3 is 0 Å². The van der Waals surface area contributed by atoms with E-state index in [4.69, 9.17) is 5.73 Å². The van der Waals surface area contributed by atoms with Gasteiger partial charge in [0, 0.05) is 18.6 Å². The molecule has 2 fully saturated rings. The van der Waals surface area contributed by atoms with Crippen LogP contribution in [0.1, 0.15) is 65.7 Å². The molecule has 0 aliphatic carbocycles. The monoisotopic (exact) mass is 295 g/mol. The van der Waals surface area contributed by atoms with E-state index in [0.717, 1.165) is 6.54 Å². The fourth-order valence-corrected chi connectivity index (χ4v) is 4.59. The van der Waals surface area contributed by atoms with Crippen molar-refractivity contribution >= 4 is 0 Å². The summed E-state index contributed by atoms with van der Waals surface area (Å²) in [5.74, 6) is 0. The normalized spacial score (nSPS) is 31.4. The third kappa shape index (κ3) is 3.62. The van der Waals surface area contributed by atoms with Crippen LogP contribution in [0.2, 0.25) is 0 Å². The first-order chi connectivity index (χ1) is 10.1. The lowest BCUT2D eigenvalue weighted by Crippen LogP contribution is -2.54. The lowest BCUT2D eigenvalue weighted by atomic mass is 9.81. The summed E-state index contributed by atoms with van der Waals surface area (Å²) in [4.78, 5) is 5.44. The predicted octanol–water partition coefficient (Wildman–Crippen LogP) is 3.09. The van der Waals surface area contributed by atoms with Crippen molar-refractivity contribution in [3.8, 4) is 0 Å². The molecule has 2 heterocycles. The quantitative estimate of drug-likeness (QED) is 0.817. The van der Waals surface area contributed by atoms with E-state index < -0.39 is 0 Å². The maximum atomic E-state index is 6.32. The van der Waals surface area contributed by atoms with Crippen molar-refractivity contribution in [3.05, 3.63) is 0 Å². The van der Waals surface area contributed by atoms with Gasteiger partial charge in [-0.3, -0.25) is 4.90 Å². The molecule has 21 heavy (non-hydrogen) atoms. The number of hydrogen-bond acceptors (Lipinski definition) is 3. The molecule has 0 amide bonds. The Hall–Kier alpha value is -0.120. The molecule has 0 aromatic heterocycles. The van der Waals surface area contributed by atoms with Gasteiger partial charge in [0.1, 0.15) is 0 Å². The molecular formula is C18H37N3. The zero-order valence-electron chi connectivity index (χ0n) is 14.7. The van der Waals surface area contributed by atoms with E-state index in [-0.39, 0.29) is 5.54 Å². The van der Waals surface area contributed by atoms with Crippen molar-refractivity contribution in [3.63, 3.8) is 0 Å². The minimum Gasteiger partial charge on any atom is -0.329 e. The summed E-state index contributed by atoms with van der Waals surface area (Å²) >= 11 is 0. The van der Waals surface area contributed by atoms with E-state index in [1.54, 1.807) is 0 Å². The van der Waals surface area contributed by atoms with Crippen molar-refractivity contribution in [2.45, 2.75) is 71.3 Å². The fourth-order valence-electron chi connectivity index (χ4n) is 4.59. The van der Waals surface area contributed by atoms with Crippen LogP contribution in [-0.2, 0) is 0 Å². The van der Waals surface area contributed by atoms with E-state index in [1.165, 1.54) is 77.7 Å². The Bertz CT molecular complexity index is 314. The van der Waals surface area contributed by atoms with Gasteiger partial charge in [-0.15, -0.1) is 0 Å². The first-order valence-corrected chi connectivity index (χ1v) is 9.31. The summed E-state index contributed by atoms with van der Waals surface area (Å²) in [6, 6.07) is 0. The van der Waals surface area contributed by atoms with E-state index in [0.29, 0.717) is 5.41 Å². The Morgan fingerprint density at radius 1 is 0.952 bits per heavy atom. The SMILES string of the molecule is CCCN1CCCC(CN)(N2CCC(CC)(CC)C2)CC1. The molecule has 2 aliphatic rings. The molecule has 0 saturated carbocycles. The molecule has 2 aliphatic heterocycles. The zero-order chi connectivity index (χ0) is 15.3. The van der Waals surface area contributed by atoms with Gasteiger partial charge in [0.15, 0.2) is 0 Å². The summed E-state index contributed by atoms with van der Waals surface area (Å²) in [5.41, 5.74) is 7.17. The predicted molar refractivity (Wildman–Crippen MR) is 91.6 cm³/mol. The van der Waals surface area contributed by atoms with Crippen LogP contribution in [-0.4, -0.2) is 54.6 Å². The second kappa shape index (κ2) is 7.43. The Labute approximate surface area is 132 Å². The van der Waals surface area contributed by atoms with Gasteiger partial charge in [-0.2, -0.15) is 0 Å². The highest BCUT2D eigenvalue weighted by molar-refractivity contribution is 5.00. The first-order valence-electron chi connectivity index (χ1n) is 9.31. The highest BCUT2D eigenvalue weighted by Crippen LogP contribution is 2.42. The van der Waals surface area contributed by atoms with Crippen LogP contribution in [0.25, 0.3) is 0 Å². The van der Waals surface area contributed by atoms with Gasteiger partial charge in [-0.05, 0) is 76.5 Å². The molecule has 124 valence electrons. The van der Waals surface area contributed by atoms with Crippen LogP contribution in [0.5, 0.6) is 0 Å². The summed E-state index contributed by atoms with van der Waals surface area (Å²) in [5, 5.41) is 0. The summed E-state index contributed by atoms with van der Waals surface area (Å²) < 4.78 is 0. The van der Waals surface area contributed by atoms with Crippen LogP contribution < -0.4 is 5.73 Å². The largest absolute Gasteiger partial charge is 0.329 e.